The second-order valence-corrected chi connectivity index (χ2v) is 3.43. The third-order valence-corrected chi connectivity index (χ3v) is 2.35. The Hall–Kier alpha value is -2.10. The molecule has 0 saturated heterocycles. The van der Waals surface area contributed by atoms with Crippen LogP contribution in [0.4, 0.5) is 5.69 Å². The molecular weight excluding hydrogens is 206 g/mol. The normalized spacial score (nSPS) is 10.3. The van der Waals surface area contributed by atoms with Crippen LogP contribution in [0.3, 0.4) is 0 Å². The van der Waals surface area contributed by atoms with Gasteiger partial charge in [-0.2, -0.15) is 0 Å². The molecule has 0 aliphatic carbocycles. The molecule has 0 aliphatic heterocycles. The summed E-state index contributed by atoms with van der Waals surface area (Å²) in [6, 6.07) is 10.1. The Morgan fingerprint density at radius 2 is 2.12 bits per heavy atom. The summed E-state index contributed by atoms with van der Waals surface area (Å²) in [5.41, 5.74) is 0.806. The lowest BCUT2D eigenvalue weighted by atomic mass is 10.1. The maximum absolute atomic E-state index is 10.6. The van der Waals surface area contributed by atoms with E-state index in [4.69, 9.17) is 4.42 Å². The van der Waals surface area contributed by atoms with Crippen molar-refractivity contribution >= 4 is 5.69 Å². The monoisotopic (exact) mass is 217 g/mol. The zero-order chi connectivity index (χ0) is 11.5. The predicted octanol–water partition coefficient (Wildman–Crippen LogP) is 3.42. The van der Waals surface area contributed by atoms with Gasteiger partial charge in [0.25, 0.3) is 5.69 Å². The minimum Gasteiger partial charge on any atom is -0.461 e. The molecule has 0 bridgehead atoms. The molecule has 0 aliphatic rings. The molecule has 0 saturated carbocycles. The van der Waals surface area contributed by atoms with Gasteiger partial charge in [-0.05, 0) is 12.1 Å². The van der Waals surface area contributed by atoms with Gasteiger partial charge in [-0.15, -0.1) is 0 Å². The van der Waals surface area contributed by atoms with Crippen molar-refractivity contribution in [2.45, 2.75) is 13.3 Å². The van der Waals surface area contributed by atoms with Crippen molar-refractivity contribution in [2.24, 2.45) is 0 Å². The summed E-state index contributed by atoms with van der Waals surface area (Å²) in [4.78, 5) is 10.2. The van der Waals surface area contributed by atoms with Crippen LogP contribution in [0.25, 0.3) is 11.3 Å². The van der Waals surface area contributed by atoms with Gasteiger partial charge in [-0.1, -0.05) is 19.1 Å². The Morgan fingerprint density at radius 1 is 1.31 bits per heavy atom. The molecule has 16 heavy (non-hydrogen) atoms. The summed E-state index contributed by atoms with van der Waals surface area (Å²) in [5.74, 6) is 1.54. The van der Waals surface area contributed by atoms with Crippen molar-refractivity contribution in [2.75, 3.05) is 0 Å². The molecule has 0 unspecified atom stereocenters. The summed E-state index contributed by atoms with van der Waals surface area (Å²) in [6.45, 7) is 2.00. The minimum absolute atomic E-state index is 0.0759. The first-order valence-corrected chi connectivity index (χ1v) is 5.04. The topological polar surface area (TPSA) is 56.3 Å². The summed E-state index contributed by atoms with van der Waals surface area (Å²) >= 11 is 0. The van der Waals surface area contributed by atoms with Crippen molar-refractivity contribution in [1.29, 1.82) is 0 Å². The van der Waals surface area contributed by atoms with E-state index in [0.717, 1.165) is 17.7 Å². The SMILES string of the molecule is CCc1ccc(-c2cccc([N+](=O)[O-])c2)o1. The van der Waals surface area contributed by atoms with Crippen LogP contribution in [0.5, 0.6) is 0 Å². The zero-order valence-corrected chi connectivity index (χ0v) is 8.84. The molecule has 1 aromatic heterocycles. The Kier molecular flexibility index (Phi) is 2.72. The molecule has 4 heteroatoms. The molecule has 1 aromatic carbocycles. The Bertz CT molecular complexity index is 516. The lowest BCUT2D eigenvalue weighted by molar-refractivity contribution is -0.384. The second-order valence-electron chi connectivity index (χ2n) is 3.43. The summed E-state index contributed by atoms with van der Waals surface area (Å²) in [7, 11) is 0. The number of benzene rings is 1. The molecule has 0 N–H and O–H groups in total. The van der Waals surface area contributed by atoms with Crippen LogP contribution < -0.4 is 0 Å². The highest BCUT2D eigenvalue weighted by molar-refractivity contribution is 5.61. The van der Waals surface area contributed by atoms with Crippen molar-refractivity contribution in [1.82, 2.24) is 0 Å². The number of furan rings is 1. The number of hydrogen-bond donors (Lipinski definition) is 0. The highest BCUT2D eigenvalue weighted by Gasteiger charge is 2.09. The molecule has 82 valence electrons. The number of aryl methyl sites for hydroxylation is 1. The Labute approximate surface area is 92.7 Å². The first-order chi connectivity index (χ1) is 7.70. The van der Waals surface area contributed by atoms with Gasteiger partial charge in [-0.25, -0.2) is 0 Å². The number of hydrogen-bond acceptors (Lipinski definition) is 3. The maximum Gasteiger partial charge on any atom is 0.270 e. The van der Waals surface area contributed by atoms with Gasteiger partial charge < -0.3 is 4.42 Å². The Balaban J connectivity index is 2.40. The van der Waals surface area contributed by atoms with Gasteiger partial charge in [0, 0.05) is 24.1 Å². The standard InChI is InChI=1S/C12H11NO3/c1-2-11-6-7-12(16-11)9-4-3-5-10(8-9)13(14)15/h3-8H,2H2,1H3. The number of nitrogens with zero attached hydrogens (tertiary/aromatic N) is 1. The maximum atomic E-state index is 10.6. The fraction of sp³-hybridized carbons (Fsp3) is 0.167. The van der Waals surface area contributed by atoms with E-state index in [9.17, 15) is 10.1 Å². The van der Waals surface area contributed by atoms with Gasteiger partial charge in [0.15, 0.2) is 0 Å². The van der Waals surface area contributed by atoms with E-state index in [1.807, 2.05) is 19.1 Å². The highest BCUT2D eigenvalue weighted by Crippen LogP contribution is 2.25. The van der Waals surface area contributed by atoms with E-state index >= 15 is 0 Å². The predicted molar refractivity (Wildman–Crippen MR) is 60.2 cm³/mol. The van der Waals surface area contributed by atoms with Crippen LogP contribution in [-0.4, -0.2) is 4.92 Å². The molecule has 0 amide bonds. The first kappa shape index (κ1) is 10.4. The summed E-state index contributed by atoms with van der Waals surface area (Å²) in [6.07, 6.45) is 0.814. The van der Waals surface area contributed by atoms with Crippen molar-refractivity contribution < 1.29 is 9.34 Å². The van der Waals surface area contributed by atoms with E-state index < -0.39 is 4.92 Å². The van der Waals surface area contributed by atoms with Crippen LogP contribution in [0, 0.1) is 10.1 Å². The molecule has 1 heterocycles. The van der Waals surface area contributed by atoms with Crippen LogP contribution in [0.2, 0.25) is 0 Å². The van der Waals surface area contributed by atoms with E-state index in [2.05, 4.69) is 0 Å². The smallest absolute Gasteiger partial charge is 0.270 e. The number of nitro groups is 1. The van der Waals surface area contributed by atoms with Gasteiger partial charge in [0.05, 0.1) is 4.92 Å². The third-order valence-electron chi connectivity index (χ3n) is 2.35. The molecule has 2 rings (SSSR count). The fourth-order valence-electron chi connectivity index (χ4n) is 1.50. The fourth-order valence-corrected chi connectivity index (χ4v) is 1.50. The minimum atomic E-state index is -0.410. The first-order valence-electron chi connectivity index (χ1n) is 5.04. The average Bonchev–Trinajstić information content (AvgIpc) is 2.77. The van der Waals surface area contributed by atoms with Crippen molar-refractivity contribution in [3.8, 4) is 11.3 Å². The van der Waals surface area contributed by atoms with Crippen LogP contribution in [0.1, 0.15) is 12.7 Å². The molecular formula is C12H11NO3. The number of nitro benzene ring substituents is 1. The zero-order valence-electron chi connectivity index (χ0n) is 8.84. The largest absolute Gasteiger partial charge is 0.461 e. The van der Waals surface area contributed by atoms with E-state index in [-0.39, 0.29) is 5.69 Å². The molecule has 4 nitrogen and oxygen atoms in total. The highest BCUT2D eigenvalue weighted by atomic mass is 16.6. The van der Waals surface area contributed by atoms with Gasteiger partial charge in [-0.3, -0.25) is 10.1 Å². The van der Waals surface area contributed by atoms with Gasteiger partial charge in [0.1, 0.15) is 11.5 Å². The number of non-ortho nitro benzene ring substituents is 1. The summed E-state index contributed by atoms with van der Waals surface area (Å²) < 4.78 is 5.53. The molecule has 0 radical (unpaired) electrons. The lowest BCUT2D eigenvalue weighted by Gasteiger charge is -1.97. The summed E-state index contributed by atoms with van der Waals surface area (Å²) in [5, 5.41) is 10.6. The van der Waals surface area contributed by atoms with Crippen molar-refractivity contribution in [3.63, 3.8) is 0 Å². The van der Waals surface area contributed by atoms with Gasteiger partial charge in [0.2, 0.25) is 0 Å². The average molecular weight is 217 g/mol. The van der Waals surface area contributed by atoms with E-state index in [1.54, 1.807) is 12.1 Å². The quantitative estimate of drug-likeness (QED) is 0.584. The van der Waals surface area contributed by atoms with E-state index in [1.165, 1.54) is 12.1 Å². The van der Waals surface area contributed by atoms with Crippen LogP contribution in [-0.2, 0) is 6.42 Å². The molecule has 2 aromatic rings. The van der Waals surface area contributed by atoms with E-state index in [0.29, 0.717) is 5.76 Å². The van der Waals surface area contributed by atoms with Crippen LogP contribution in [0.15, 0.2) is 40.8 Å². The van der Waals surface area contributed by atoms with Crippen molar-refractivity contribution in [3.05, 3.63) is 52.3 Å². The molecule has 0 atom stereocenters. The Morgan fingerprint density at radius 3 is 2.75 bits per heavy atom. The molecule has 0 fully saturated rings. The van der Waals surface area contributed by atoms with Crippen LogP contribution >= 0.6 is 0 Å². The van der Waals surface area contributed by atoms with Gasteiger partial charge >= 0.3 is 0 Å². The lowest BCUT2D eigenvalue weighted by Crippen LogP contribution is -1.87. The third kappa shape index (κ3) is 1.95. The molecule has 0 spiro atoms. The number of rotatable bonds is 3. The second kappa shape index (κ2) is 4.18.